The number of urea groups is 1. The fourth-order valence-electron chi connectivity index (χ4n) is 1.22. The summed E-state index contributed by atoms with van der Waals surface area (Å²) in [5.74, 6) is 0.320. The maximum atomic E-state index is 10.6. The monoisotopic (exact) mass is 218 g/mol. The first-order chi connectivity index (χ1) is 7.65. The molecule has 0 fully saturated rings. The van der Waals surface area contributed by atoms with Crippen molar-refractivity contribution in [2.45, 2.75) is 0 Å². The molecular weight excluding hydrogens is 208 g/mol. The van der Waals surface area contributed by atoms with Gasteiger partial charge >= 0.3 is 6.03 Å². The summed E-state index contributed by atoms with van der Waals surface area (Å²) in [5.41, 5.74) is 6.49. The molecule has 0 spiro atoms. The molecule has 2 rings (SSSR count). The first-order valence-electron chi connectivity index (χ1n) is 4.52. The molecule has 0 saturated heterocycles. The van der Waals surface area contributed by atoms with Gasteiger partial charge in [0.05, 0.1) is 24.3 Å². The second-order valence-corrected chi connectivity index (χ2v) is 3.18. The van der Waals surface area contributed by atoms with Crippen molar-refractivity contribution in [2.75, 3.05) is 5.32 Å². The molecular formula is C9H10N6O. The SMILES string of the molecule is Cn1cc(-c2cnc(NC(N)=O)cn2)cn1. The molecule has 2 heterocycles. The summed E-state index contributed by atoms with van der Waals surface area (Å²) >= 11 is 0. The van der Waals surface area contributed by atoms with Crippen LogP contribution in [0.3, 0.4) is 0 Å². The van der Waals surface area contributed by atoms with Gasteiger partial charge in [0.2, 0.25) is 0 Å². The molecule has 7 heteroatoms. The molecule has 2 aromatic heterocycles. The Morgan fingerprint density at radius 2 is 2.19 bits per heavy atom. The molecule has 82 valence electrons. The summed E-state index contributed by atoms with van der Waals surface area (Å²) < 4.78 is 1.67. The normalized spacial score (nSPS) is 10.1. The van der Waals surface area contributed by atoms with Gasteiger partial charge in [-0.05, 0) is 0 Å². The number of nitrogens with zero attached hydrogens (tertiary/aromatic N) is 4. The first kappa shape index (κ1) is 10.1. The summed E-state index contributed by atoms with van der Waals surface area (Å²) in [6.07, 6.45) is 6.49. The fraction of sp³-hybridized carbons (Fsp3) is 0.111. The number of rotatable bonds is 2. The van der Waals surface area contributed by atoms with Crippen molar-refractivity contribution in [3.05, 3.63) is 24.8 Å². The van der Waals surface area contributed by atoms with Gasteiger partial charge < -0.3 is 5.73 Å². The zero-order chi connectivity index (χ0) is 11.5. The van der Waals surface area contributed by atoms with Gasteiger partial charge in [0, 0.05) is 18.8 Å². The number of carbonyl (C=O) groups is 1. The lowest BCUT2D eigenvalue weighted by Crippen LogP contribution is -2.20. The van der Waals surface area contributed by atoms with E-state index >= 15 is 0 Å². The zero-order valence-electron chi connectivity index (χ0n) is 8.58. The number of carbonyl (C=O) groups excluding carboxylic acids is 1. The van der Waals surface area contributed by atoms with Crippen molar-refractivity contribution < 1.29 is 4.79 Å². The highest BCUT2D eigenvalue weighted by atomic mass is 16.2. The van der Waals surface area contributed by atoms with Crippen molar-refractivity contribution in [3.8, 4) is 11.3 Å². The highest BCUT2D eigenvalue weighted by molar-refractivity contribution is 5.86. The predicted molar refractivity (Wildman–Crippen MR) is 57.4 cm³/mol. The molecule has 0 saturated carbocycles. The van der Waals surface area contributed by atoms with Crippen molar-refractivity contribution in [1.29, 1.82) is 0 Å². The van der Waals surface area contributed by atoms with E-state index in [9.17, 15) is 4.79 Å². The Morgan fingerprint density at radius 1 is 1.38 bits per heavy atom. The van der Waals surface area contributed by atoms with Crippen LogP contribution in [0.25, 0.3) is 11.3 Å². The molecule has 0 bridgehead atoms. The number of amides is 2. The molecule has 16 heavy (non-hydrogen) atoms. The Balaban J connectivity index is 2.22. The van der Waals surface area contributed by atoms with E-state index in [1.54, 1.807) is 17.1 Å². The Hall–Kier alpha value is -2.44. The minimum Gasteiger partial charge on any atom is -0.351 e. The van der Waals surface area contributed by atoms with Crippen LogP contribution < -0.4 is 11.1 Å². The molecule has 0 radical (unpaired) electrons. The topological polar surface area (TPSA) is 98.7 Å². The molecule has 3 N–H and O–H groups in total. The number of primary amides is 1. The van der Waals surface area contributed by atoms with E-state index in [1.807, 2.05) is 13.2 Å². The van der Waals surface area contributed by atoms with E-state index in [0.29, 0.717) is 11.5 Å². The van der Waals surface area contributed by atoms with Crippen LogP contribution in [0.15, 0.2) is 24.8 Å². The fourth-order valence-corrected chi connectivity index (χ4v) is 1.22. The molecule has 0 aliphatic carbocycles. The van der Waals surface area contributed by atoms with Gasteiger partial charge in [-0.1, -0.05) is 0 Å². The van der Waals surface area contributed by atoms with Crippen LogP contribution in [-0.2, 0) is 7.05 Å². The van der Waals surface area contributed by atoms with Gasteiger partial charge in [-0.3, -0.25) is 15.0 Å². The Bertz CT molecular complexity index is 503. The predicted octanol–water partition coefficient (Wildman–Crippen LogP) is 0.368. The second kappa shape index (κ2) is 3.97. The molecule has 0 unspecified atom stereocenters. The van der Waals surface area contributed by atoms with Crippen molar-refractivity contribution in [3.63, 3.8) is 0 Å². The number of anilines is 1. The van der Waals surface area contributed by atoms with Crippen LogP contribution in [0.5, 0.6) is 0 Å². The standard InChI is InChI=1S/C9H10N6O/c1-15-5-6(2-13-15)7-3-12-8(4-11-7)14-9(10)16/h2-5H,1H3,(H3,10,12,14,16). The molecule has 7 nitrogen and oxygen atoms in total. The number of hydrogen-bond donors (Lipinski definition) is 2. The number of aryl methyl sites for hydroxylation is 1. The third-order valence-corrected chi connectivity index (χ3v) is 1.90. The lowest BCUT2D eigenvalue weighted by atomic mass is 10.3. The number of hydrogen-bond acceptors (Lipinski definition) is 4. The average Bonchev–Trinajstić information content (AvgIpc) is 2.65. The molecule has 0 atom stereocenters. The highest BCUT2D eigenvalue weighted by Crippen LogP contribution is 2.14. The molecule has 0 aromatic carbocycles. The number of nitrogens with one attached hydrogen (secondary N) is 1. The van der Waals surface area contributed by atoms with E-state index in [-0.39, 0.29) is 0 Å². The Morgan fingerprint density at radius 3 is 2.69 bits per heavy atom. The first-order valence-corrected chi connectivity index (χ1v) is 4.52. The minimum atomic E-state index is -0.663. The van der Waals surface area contributed by atoms with E-state index in [2.05, 4.69) is 20.4 Å². The van der Waals surface area contributed by atoms with Crippen molar-refractivity contribution in [2.24, 2.45) is 12.8 Å². The van der Waals surface area contributed by atoms with E-state index < -0.39 is 6.03 Å². The minimum absolute atomic E-state index is 0.320. The Kier molecular flexibility index (Phi) is 2.50. The largest absolute Gasteiger partial charge is 0.351 e. The highest BCUT2D eigenvalue weighted by Gasteiger charge is 2.03. The van der Waals surface area contributed by atoms with Crippen LogP contribution >= 0.6 is 0 Å². The number of nitrogens with two attached hydrogens (primary N) is 1. The van der Waals surface area contributed by atoms with E-state index in [0.717, 1.165) is 5.56 Å². The molecule has 0 aliphatic heterocycles. The third-order valence-electron chi connectivity index (χ3n) is 1.90. The van der Waals surface area contributed by atoms with Gasteiger partial charge in [0.1, 0.15) is 0 Å². The van der Waals surface area contributed by atoms with Gasteiger partial charge in [0.15, 0.2) is 5.82 Å². The van der Waals surface area contributed by atoms with E-state index in [4.69, 9.17) is 5.73 Å². The van der Waals surface area contributed by atoms with Crippen LogP contribution in [0.2, 0.25) is 0 Å². The summed E-state index contributed by atoms with van der Waals surface area (Å²) in [5, 5.41) is 6.36. The number of aromatic nitrogens is 4. The average molecular weight is 218 g/mol. The van der Waals surface area contributed by atoms with Gasteiger partial charge in [0.25, 0.3) is 0 Å². The van der Waals surface area contributed by atoms with Crippen LogP contribution in [0.1, 0.15) is 0 Å². The van der Waals surface area contributed by atoms with Crippen molar-refractivity contribution >= 4 is 11.8 Å². The molecule has 2 aromatic rings. The van der Waals surface area contributed by atoms with Gasteiger partial charge in [-0.2, -0.15) is 5.10 Å². The lowest BCUT2D eigenvalue weighted by Gasteiger charge is -2.00. The smallest absolute Gasteiger partial charge is 0.317 e. The maximum Gasteiger partial charge on any atom is 0.317 e. The summed E-state index contributed by atoms with van der Waals surface area (Å²) in [6.45, 7) is 0. The lowest BCUT2D eigenvalue weighted by molar-refractivity contribution is 0.259. The van der Waals surface area contributed by atoms with Gasteiger partial charge in [-0.15, -0.1) is 0 Å². The van der Waals surface area contributed by atoms with Gasteiger partial charge in [-0.25, -0.2) is 9.78 Å². The third kappa shape index (κ3) is 2.14. The Labute approximate surface area is 91.3 Å². The van der Waals surface area contributed by atoms with E-state index in [1.165, 1.54) is 6.20 Å². The van der Waals surface area contributed by atoms with Crippen LogP contribution in [0.4, 0.5) is 10.6 Å². The summed E-state index contributed by atoms with van der Waals surface area (Å²) in [7, 11) is 1.82. The molecule has 2 amide bonds. The second-order valence-electron chi connectivity index (χ2n) is 3.18. The van der Waals surface area contributed by atoms with Crippen molar-refractivity contribution in [1.82, 2.24) is 19.7 Å². The van der Waals surface area contributed by atoms with Crippen LogP contribution in [-0.4, -0.2) is 25.8 Å². The maximum absolute atomic E-state index is 10.6. The molecule has 0 aliphatic rings. The summed E-state index contributed by atoms with van der Waals surface area (Å²) in [6, 6.07) is -0.663. The quantitative estimate of drug-likeness (QED) is 0.760. The zero-order valence-corrected chi connectivity index (χ0v) is 8.58. The summed E-state index contributed by atoms with van der Waals surface area (Å²) in [4.78, 5) is 18.7. The van der Waals surface area contributed by atoms with Crippen LogP contribution in [0, 0.1) is 0 Å².